The summed E-state index contributed by atoms with van der Waals surface area (Å²) in [5, 5.41) is 2.06. The molecule has 0 unspecified atom stereocenters. The Kier molecular flexibility index (Phi) is 5.89. The molecule has 0 radical (unpaired) electrons. The Morgan fingerprint density at radius 1 is 1.10 bits per heavy atom. The van der Waals surface area contributed by atoms with Crippen molar-refractivity contribution in [2.24, 2.45) is 0 Å². The minimum atomic E-state index is -0.342. The lowest BCUT2D eigenvalue weighted by Crippen LogP contribution is -2.33. The molecule has 1 aliphatic carbocycles. The molecule has 0 amide bonds. The van der Waals surface area contributed by atoms with Crippen LogP contribution in [0.1, 0.15) is 43.0 Å². The van der Waals surface area contributed by atoms with Gasteiger partial charge in [-0.15, -0.1) is 0 Å². The Balaban J connectivity index is 1.77. The van der Waals surface area contributed by atoms with Gasteiger partial charge in [0.05, 0.1) is 32.6 Å². The van der Waals surface area contributed by atoms with E-state index in [1.165, 1.54) is 16.7 Å². The maximum atomic E-state index is 12.1. The first-order chi connectivity index (χ1) is 15.0. The summed E-state index contributed by atoms with van der Waals surface area (Å²) in [5.41, 5.74) is 10.3. The van der Waals surface area contributed by atoms with Crippen LogP contribution < -0.4 is 14.9 Å². The number of nitrogens with zero attached hydrogens (tertiary/aromatic N) is 1. The fraction of sp³-hybridized carbons (Fsp3) is 0.320. The molecule has 2 aliphatic rings. The lowest BCUT2D eigenvalue weighted by molar-refractivity contribution is -0.137. The molecular weight excluding hydrogens is 392 g/mol. The third-order valence-electron chi connectivity index (χ3n) is 5.81. The van der Waals surface area contributed by atoms with Gasteiger partial charge in [-0.1, -0.05) is 12.1 Å². The second kappa shape index (κ2) is 8.76. The van der Waals surface area contributed by atoms with E-state index in [0.717, 1.165) is 41.3 Å². The Hall–Kier alpha value is -3.41. The molecule has 0 spiro atoms. The number of benzene rings is 2. The van der Waals surface area contributed by atoms with Crippen molar-refractivity contribution < 1.29 is 19.0 Å². The predicted octanol–water partition coefficient (Wildman–Crippen LogP) is 4.39. The number of carbonyl (C=O) groups excluding carboxylic acids is 1. The quantitative estimate of drug-likeness (QED) is 0.553. The van der Waals surface area contributed by atoms with Gasteiger partial charge in [-0.2, -0.15) is 0 Å². The zero-order valence-corrected chi connectivity index (χ0v) is 18.4. The molecule has 2 aromatic carbocycles. The van der Waals surface area contributed by atoms with Gasteiger partial charge < -0.3 is 14.2 Å². The molecule has 0 aromatic heterocycles. The van der Waals surface area contributed by atoms with Gasteiger partial charge in [0.1, 0.15) is 11.5 Å². The standard InChI is InChI=1S/C25H28N2O4/c1-5-31-23(28)14-16(2)27-25(17-6-9-19(29-3)10-7-17)22-12-8-18-15-20(30-4)11-13-21(18)24(22)26-27/h6-7,9-11,13-15,25-26H,5,8,12H2,1-4H3/b16-14+/t25-/m1/s1. The number of methoxy groups -OCH3 is 2. The van der Waals surface area contributed by atoms with Gasteiger partial charge in [0, 0.05) is 17.3 Å². The van der Waals surface area contributed by atoms with Crippen molar-refractivity contribution in [3.8, 4) is 11.5 Å². The van der Waals surface area contributed by atoms with Crippen molar-refractivity contribution in [1.82, 2.24) is 10.4 Å². The molecule has 4 rings (SSSR count). The number of hydrazine groups is 1. The van der Waals surface area contributed by atoms with Gasteiger partial charge in [0.25, 0.3) is 0 Å². The van der Waals surface area contributed by atoms with Crippen LogP contribution in [-0.4, -0.2) is 31.8 Å². The molecule has 31 heavy (non-hydrogen) atoms. The predicted molar refractivity (Wildman–Crippen MR) is 119 cm³/mol. The van der Waals surface area contributed by atoms with Gasteiger partial charge in [-0.3, -0.25) is 10.4 Å². The van der Waals surface area contributed by atoms with Crippen LogP contribution >= 0.6 is 0 Å². The van der Waals surface area contributed by atoms with Crippen LogP contribution in [0.5, 0.6) is 11.5 Å². The van der Waals surface area contributed by atoms with E-state index >= 15 is 0 Å². The van der Waals surface area contributed by atoms with E-state index in [1.54, 1.807) is 27.2 Å². The Morgan fingerprint density at radius 2 is 1.81 bits per heavy atom. The normalized spacial score (nSPS) is 17.6. The lowest BCUT2D eigenvalue weighted by Gasteiger charge is -2.29. The van der Waals surface area contributed by atoms with Crippen LogP contribution in [0.4, 0.5) is 0 Å². The molecule has 1 N–H and O–H groups in total. The second-order valence-electron chi connectivity index (χ2n) is 7.62. The van der Waals surface area contributed by atoms with Crippen LogP contribution in [0.15, 0.2) is 59.8 Å². The molecule has 162 valence electrons. The first-order valence-corrected chi connectivity index (χ1v) is 10.5. The molecule has 1 atom stereocenters. The van der Waals surface area contributed by atoms with Gasteiger partial charge in [0.15, 0.2) is 0 Å². The topological polar surface area (TPSA) is 60.0 Å². The maximum Gasteiger partial charge on any atom is 0.332 e. The number of fused-ring (bicyclic) bond motifs is 2. The minimum absolute atomic E-state index is 0.0261. The van der Waals surface area contributed by atoms with Crippen molar-refractivity contribution in [1.29, 1.82) is 0 Å². The molecule has 6 heteroatoms. The number of ether oxygens (including phenoxy) is 3. The van der Waals surface area contributed by atoms with Crippen LogP contribution in [-0.2, 0) is 16.0 Å². The third kappa shape index (κ3) is 3.98. The number of nitrogens with one attached hydrogen (secondary N) is 1. The number of hydrogen-bond acceptors (Lipinski definition) is 6. The fourth-order valence-electron chi connectivity index (χ4n) is 4.31. The van der Waals surface area contributed by atoms with Crippen LogP contribution in [0.2, 0.25) is 0 Å². The zero-order chi connectivity index (χ0) is 22.0. The summed E-state index contributed by atoms with van der Waals surface area (Å²) in [5.74, 6) is 1.34. The third-order valence-corrected chi connectivity index (χ3v) is 5.81. The van der Waals surface area contributed by atoms with E-state index in [9.17, 15) is 4.79 Å². The molecule has 1 heterocycles. The minimum Gasteiger partial charge on any atom is -0.497 e. The average Bonchev–Trinajstić information content (AvgIpc) is 3.19. The number of hydrogen-bond donors (Lipinski definition) is 1. The molecule has 0 saturated carbocycles. The summed E-state index contributed by atoms with van der Waals surface area (Å²) in [4.78, 5) is 12.1. The number of rotatable bonds is 6. The van der Waals surface area contributed by atoms with Crippen molar-refractivity contribution in [2.75, 3.05) is 20.8 Å². The van der Waals surface area contributed by atoms with E-state index in [4.69, 9.17) is 14.2 Å². The zero-order valence-electron chi connectivity index (χ0n) is 18.4. The average molecular weight is 421 g/mol. The highest BCUT2D eigenvalue weighted by atomic mass is 16.5. The summed E-state index contributed by atoms with van der Waals surface area (Å²) >= 11 is 0. The summed E-state index contributed by atoms with van der Waals surface area (Å²) in [7, 11) is 3.35. The number of esters is 1. The number of allylic oxidation sites excluding steroid dienone is 1. The number of aryl methyl sites for hydroxylation is 1. The van der Waals surface area contributed by atoms with E-state index in [-0.39, 0.29) is 12.0 Å². The SMILES string of the molecule is CCOC(=O)/C=C(\C)N1NC2=C(CCc3cc(OC)ccc32)[C@H]1c1ccc(OC)cc1. The fourth-order valence-corrected chi connectivity index (χ4v) is 4.31. The molecule has 0 fully saturated rings. The molecule has 0 bridgehead atoms. The maximum absolute atomic E-state index is 12.1. The lowest BCUT2D eigenvalue weighted by atomic mass is 9.85. The Morgan fingerprint density at radius 3 is 2.48 bits per heavy atom. The molecule has 2 aromatic rings. The highest BCUT2D eigenvalue weighted by Gasteiger charge is 2.37. The summed E-state index contributed by atoms with van der Waals surface area (Å²) < 4.78 is 15.9. The van der Waals surface area contributed by atoms with Crippen molar-refractivity contribution in [2.45, 2.75) is 32.7 Å². The van der Waals surface area contributed by atoms with Gasteiger partial charge in [-0.05, 0) is 73.7 Å². The molecule has 1 aliphatic heterocycles. The molecule has 0 saturated heterocycles. The van der Waals surface area contributed by atoms with Crippen molar-refractivity contribution in [3.05, 3.63) is 76.5 Å². The van der Waals surface area contributed by atoms with Gasteiger partial charge in [-0.25, -0.2) is 4.79 Å². The van der Waals surface area contributed by atoms with E-state index < -0.39 is 0 Å². The van der Waals surface area contributed by atoms with Crippen LogP contribution in [0.25, 0.3) is 5.70 Å². The summed E-state index contributed by atoms with van der Waals surface area (Å²) in [6.07, 6.45) is 3.40. The first kappa shape index (κ1) is 20.8. The first-order valence-electron chi connectivity index (χ1n) is 10.5. The number of carbonyl (C=O) groups is 1. The highest BCUT2D eigenvalue weighted by molar-refractivity contribution is 5.83. The van der Waals surface area contributed by atoms with Gasteiger partial charge >= 0.3 is 5.97 Å². The smallest absolute Gasteiger partial charge is 0.332 e. The van der Waals surface area contributed by atoms with E-state index in [2.05, 4.69) is 34.7 Å². The second-order valence-corrected chi connectivity index (χ2v) is 7.62. The largest absolute Gasteiger partial charge is 0.497 e. The molecule has 6 nitrogen and oxygen atoms in total. The van der Waals surface area contributed by atoms with Crippen LogP contribution in [0, 0.1) is 0 Å². The Bertz CT molecular complexity index is 1040. The van der Waals surface area contributed by atoms with Gasteiger partial charge in [0.2, 0.25) is 0 Å². The van der Waals surface area contributed by atoms with Crippen molar-refractivity contribution >= 4 is 11.7 Å². The van der Waals surface area contributed by atoms with Crippen molar-refractivity contribution in [3.63, 3.8) is 0 Å². The van der Waals surface area contributed by atoms with E-state index in [0.29, 0.717) is 6.61 Å². The highest BCUT2D eigenvalue weighted by Crippen LogP contribution is 2.46. The summed E-state index contributed by atoms with van der Waals surface area (Å²) in [6.45, 7) is 4.08. The van der Waals surface area contributed by atoms with E-state index in [1.807, 2.05) is 25.1 Å². The monoisotopic (exact) mass is 420 g/mol. The molecular formula is C25H28N2O4. The van der Waals surface area contributed by atoms with Crippen LogP contribution in [0.3, 0.4) is 0 Å². The Labute approximate surface area is 183 Å². The summed E-state index contributed by atoms with van der Waals surface area (Å²) in [6, 6.07) is 14.3.